The number of sulfonamides is 1. The smallest absolute Gasteiger partial charge is 0.242 e. The van der Waals surface area contributed by atoms with Crippen LogP contribution in [0, 0.1) is 6.92 Å². The normalized spacial score (nSPS) is 12.3. The van der Waals surface area contributed by atoms with Gasteiger partial charge in [0.25, 0.3) is 0 Å². The molecule has 0 aliphatic heterocycles. The molecule has 7 nitrogen and oxygen atoms in total. The van der Waals surface area contributed by atoms with Gasteiger partial charge in [-0.15, -0.1) is 0 Å². The summed E-state index contributed by atoms with van der Waals surface area (Å²) in [7, 11) is -3.58. The molecular weight excluding hydrogens is 474 g/mol. The fourth-order valence-electron chi connectivity index (χ4n) is 3.62. The standard InChI is InChI=1S/C25H34ClN3O4S/c1-18(2)27-25(31)20(4)28(17-21-11-7-6-8-12-21)24(30)15-10-16-29(34(5,32)33)23-14-9-13-22(26)19(23)3/h6-9,11-14,18,20H,10,15-17H2,1-5H3,(H,27,31)/t20-/m0/s1. The zero-order valence-corrected chi connectivity index (χ0v) is 22.0. The van der Waals surface area contributed by atoms with E-state index in [1.54, 1.807) is 36.9 Å². The molecular formula is C25H34ClN3O4S. The zero-order chi connectivity index (χ0) is 25.5. The number of halogens is 1. The number of rotatable bonds is 11. The number of hydrogen-bond donors (Lipinski definition) is 1. The Bertz CT molecular complexity index is 1090. The molecule has 0 aromatic heterocycles. The molecule has 0 unspecified atom stereocenters. The summed E-state index contributed by atoms with van der Waals surface area (Å²) in [5.41, 5.74) is 2.06. The Kier molecular flexibility index (Phi) is 9.94. The van der Waals surface area contributed by atoms with E-state index in [-0.39, 0.29) is 37.4 Å². The molecule has 186 valence electrons. The van der Waals surface area contributed by atoms with Crippen LogP contribution in [0.3, 0.4) is 0 Å². The van der Waals surface area contributed by atoms with Gasteiger partial charge in [-0.2, -0.15) is 0 Å². The van der Waals surface area contributed by atoms with Gasteiger partial charge in [-0.3, -0.25) is 13.9 Å². The van der Waals surface area contributed by atoms with Crippen molar-refractivity contribution < 1.29 is 18.0 Å². The Morgan fingerprint density at radius 1 is 1.03 bits per heavy atom. The van der Waals surface area contributed by atoms with Crippen molar-refractivity contribution in [2.24, 2.45) is 0 Å². The van der Waals surface area contributed by atoms with E-state index in [9.17, 15) is 18.0 Å². The average Bonchev–Trinajstić information content (AvgIpc) is 2.76. The Labute approximate surface area is 208 Å². The van der Waals surface area contributed by atoms with E-state index in [1.807, 2.05) is 44.2 Å². The van der Waals surface area contributed by atoms with Gasteiger partial charge in [-0.1, -0.05) is 48.0 Å². The van der Waals surface area contributed by atoms with Crippen LogP contribution in [0.15, 0.2) is 48.5 Å². The molecule has 2 amide bonds. The van der Waals surface area contributed by atoms with Crippen LogP contribution in [0.2, 0.25) is 5.02 Å². The van der Waals surface area contributed by atoms with E-state index >= 15 is 0 Å². The second-order valence-corrected chi connectivity index (χ2v) is 11.0. The van der Waals surface area contributed by atoms with E-state index in [2.05, 4.69) is 5.32 Å². The number of carbonyl (C=O) groups excluding carboxylic acids is 2. The van der Waals surface area contributed by atoms with Crippen molar-refractivity contribution in [1.29, 1.82) is 0 Å². The monoisotopic (exact) mass is 507 g/mol. The maximum atomic E-state index is 13.2. The maximum absolute atomic E-state index is 13.2. The van der Waals surface area contributed by atoms with Gasteiger partial charge in [-0.05, 0) is 57.4 Å². The van der Waals surface area contributed by atoms with Crippen LogP contribution < -0.4 is 9.62 Å². The van der Waals surface area contributed by atoms with Gasteiger partial charge in [0.15, 0.2) is 0 Å². The van der Waals surface area contributed by atoms with Crippen molar-refractivity contribution in [3.8, 4) is 0 Å². The molecule has 2 rings (SSSR count). The van der Waals surface area contributed by atoms with Crippen LogP contribution >= 0.6 is 11.6 Å². The Balaban J connectivity index is 2.18. The topological polar surface area (TPSA) is 86.8 Å². The summed E-state index contributed by atoms with van der Waals surface area (Å²) in [5, 5.41) is 3.33. The summed E-state index contributed by atoms with van der Waals surface area (Å²) in [4.78, 5) is 27.4. The Hall–Kier alpha value is -2.58. The minimum atomic E-state index is -3.58. The third-order valence-corrected chi connectivity index (χ3v) is 7.04. The minimum Gasteiger partial charge on any atom is -0.352 e. The lowest BCUT2D eigenvalue weighted by atomic mass is 10.1. The first kappa shape index (κ1) is 27.7. The number of hydrogen-bond acceptors (Lipinski definition) is 4. The van der Waals surface area contributed by atoms with Gasteiger partial charge in [0.05, 0.1) is 11.9 Å². The lowest BCUT2D eigenvalue weighted by Crippen LogP contribution is -2.49. The summed E-state index contributed by atoms with van der Waals surface area (Å²) in [6.45, 7) is 7.61. The molecule has 2 aromatic carbocycles. The van der Waals surface area contributed by atoms with E-state index < -0.39 is 16.1 Å². The van der Waals surface area contributed by atoms with E-state index in [1.165, 1.54) is 4.31 Å². The highest BCUT2D eigenvalue weighted by atomic mass is 35.5. The molecule has 0 aliphatic carbocycles. The Morgan fingerprint density at radius 3 is 2.26 bits per heavy atom. The first-order valence-electron chi connectivity index (χ1n) is 11.3. The summed E-state index contributed by atoms with van der Waals surface area (Å²) >= 11 is 6.19. The highest BCUT2D eigenvalue weighted by Gasteiger charge is 2.27. The minimum absolute atomic E-state index is 0.0483. The summed E-state index contributed by atoms with van der Waals surface area (Å²) < 4.78 is 26.2. The maximum Gasteiger partial charge on any atom is 0.242 e. The van der Waals surface area contributed by atoms with Gasteiger partial charge in [0.2, 0.25) is 21.8 Å². The largest absolute Gasteiger partial charge is 0.352 e. The third kappa shape index (κ3) is 7.74. The fraction of sp³-hybridized carbons (Fsp3) is 0.440. The molecule has 2 aromatic rings. The van der Waals surface area contributed by atoms with Crippen LogP contribution in [0.1, 0.15) is 44.7 Å². The molecule has 1 N–H and O–H groups in total. The van der Waals surface area contributed by atoms with Crippen molar-refractivity contribution in [3.63, 3.8) is 0 Å². The van der Waals surface area contributed by atoms with Crippen molar-refractivity contribution in [2.75, 3.05) is 17.1 Å². The lowest BCUT2D eigenvalue weighted by molar-refractivity contribution is -0.140. The molecule has 0 saturated carbocycles. The van der Waals surface area contributed by atoms with E-state index in [4.69, 9.17) is 11.6 Å². The number of carbonyl (C=O) groups is 2. The quantitative estimate of drug-likeness (QED) is 0.495. The van der Waals surface area contributed by atoms with Gasteiger partial charge in [0, 0.05) is 30.6 Å². The van der Waals surface area contributed by atoms with Crippen molar-refractivity contribution >= 4 is 39.1 Å². The molecule has 0 saturated heterocycles. The van der Waals surface area contributed by atoms with Crippen LogP contribution in [0.4, 0.5) is 5.69 Å². The predicted molar refractivity (Wildman–Crippen MR) is 137 cm³/mol. The summed E-state index contributed by atoms with van der Waals surface area (Å²) in [6.07, 6.45) is 1.52. The fourth-order valence-corrected chi connectivity index (χ4v) is 4.80. The second-order valence-electron chi connectivity index (χ2n) is 8.67. The van der Waals surface area contributed by atoms with Crippen molar-refractivity contribution in [3.05, 3.63) is 64.7 Å². The van der Waals surface area contributed by atoms with Gasteiger partial charge >= 0.3 is 0 Å². The van der Waals surface area contributed by atoms with Gasteiger partial charge in [0.1, 0.15) is 6.04 Å². The molecule has 9 heteroatoms. The van der Waals surface area contributed by atoms with Gasteiger partial charge < -0.3 is 10.2 Å². The molecule has 0 spiro atoms. The number of amides is 2. The molecule has 0 bridgehead atoms. The SMILES string of the molecule is Cc1c(Cl)cccc1N(CCCC(=O)N(Cc1ccccc1)[C@@H](C)C(=O)NC(C)C)S(C)(=O)=O. The van der Waals surface area contributed by atoms with Crippen LogP contribution in [-0.2, 0) is 26.2 Å². The molecule has 0 fully saturated rings. The van der Waals surface area contributed by atoms with Crippen LogP contribution in [-0.4, -0.2) is 50.0 Å². The summed E-state index contributed by atoms with van der Waals surface area (Å²) in [5.74, 6) is -0.446. The first-order chi connectivity index (χ1) is 15.9. The van der Waals surface area contributed by atoms with Crippen LogP contribution in [0.5, 0.6) is 0 Å². The molecule has 0 heterocycles. The number of anilines is 1. The second kappa shape index (κ2) is 12.2. The lowest BCUT2D eigenvalue weighted by Gasteiger charge is -2.30. The number of nitrogens with one attached hydrogen (secondary N) is 1. The number of benzene rings is 2. The zero-order valence-electron chi connectivity index (χ0n) is 20.4. The molecule has 0 aliphatic rings. The Morgan fingerprint density at radius 2 is 1.68 bits per heavy atom. The highest BCUT2D eigenvalue weighted by molar-refractivity contribution is 7.92. The molecule has 34 heavy (non-hydrogen) atoms. The third-order valence-electron chi connectivity index (χ3n) is 5.45. The first-order valence-corrected chi connectivity index (χ1v) is 13.5. The molecule has 0 radical (unpaired) electrons. The van der Waals surface area contributed by atoms with Crippen molar-refractivity contribution in [2.45, 2.75) is 59.2 Å². The van der Waals surface area contributed by atoms with E-state index in [0.717, 1.165) is 11.8 Å². The van der Waals surface area contributed by atoms with Crippen LogP contribution in [0.25, 0.3) is 0 Å². The highest BCUT2D eigenvalue weighted by Crippen LogP contribution is 2.28. The van der Waals surface area contributed by atoms with Crippen molar-refractivity contribution in [1.82, 2.24) is 10.2 Å². The average molecular weight is 508 g/mol. The number of nitrogens with zero attached hydrogens (tertiary/aromatic N) is 2. The predicted octanol–water partition coefficient (Wildman–Crippen LogP) is 4.14. The molecule has 1 atom stereocenters. The van der Waals surface area contributed by atoms with Gasteiger partial charge in [-0.25, -0.2) is 8.42 Å². The summed E-state index contributed by atoms with van der Waals surface area (Å²) in [6, 6.07) is 13.8. The van der Waals surface area contributed by atoms with E-state index in [0.29, 0.717) is 22.7 Å².